The van der Waals surface area contributed by atoms with Crippen LogP contribution in [0.1, 0.15) is 11.1 Å². The zero-order valence-corrected chi connectivity index (χ0v) is 11.2. The third-order valence-corrected chi connectivity index (χ3v) is 3.15. The number of benzene rings is 2. The molecule has 0 N–H and O–H groups in total. The number of nitrogens with zero attached hydrogens (tertiary/aromatic N) is 3. The predicted molar refractivity (Wildman–Crippen MR) is 77.1 cm³/mol. The van der Waals surface area contributed by atoms with Crippen LogP contribution in [0.3, 0.4) is 0 Å². The summed E-state index contributed by atoms with van der Waals surface area (Å²) < 4.78 is 0. The second-order valence-electron chi connectivity index (χ2n) is 4.39. The second kappa shape index (κ2) is 5.41. The molecule has 0 unspecified atom stereocenters. The highest BCUT2D eigenvalue weighted by molar-refractivity contribution is 5.76. The average molecular weight is 267 g/mol. The van der Waals surface area contributed by atoms with Crippen molar-refractivity contribution in [2.45, 2.75) is 6.92 Å². The van der Waals surface area contributed by atoms with E-state index in [0.717, 1.165) is 0 Å². The van der Waals surface area contributed by atoms with Crippen molar-refractivity contribution in [3.63, 3.8) is 0 Å². The third-order valence-electron chi connectivity index (χ3n) is 3.15. The molecule has 0 fully saturated rings. The summed E-state index contributed by atoms with van der Waals surface area (Å²) in [5.41, 5.74) is 2.24. The van der Waals surface area contributed by atoms with Gasteiger partial charge in [-0.15, -0.1) is 0 Å². The van der Waals surface area contributed by atoms with Crippen LogP contribution in [0, 0.1) is 28.4 Å². The van der Waals surface area contributed by atoms with E-state index >= 15 is 0 Å². The molecule has 5 nitrogen and oxygen atoms in total. The van der Waals surface area contributed by atoms with E-state index < -0.39 is 4.92 Å². The number of anilines is 2. The van der Waals surface area contributed by atoms with E-state index in [0.29, 0.717) is 22.5 Å². The molecule has 0 spiro atoms. The van der Waals surface area contributed by atoms with Crippen molar-refractivity contribution in [1.82, 2.24) is 0 Å². The van der Waals surface area contributed by atoms with Crippen LogP contribution in [-0.2, 0) is 0 Å². The van der Waals surface area contributed by atoms with Crippen molar-refractivity contribution in [3.05, 3.63) is 63.7 Å². The van der Waals surface area contributed by atoms with E-state index in [1.807, 2.05) is 0 Å². The van der Waals surface area contributed by atoms with Crippen LogP contribution in [-0.4, -0.2) is 12.0 Å². The molecule has 0 atom stereocenters. The van der Waals surface area contributed by atoms with Gasteiger partial charge in [-0.05, 0) is 25.1 Å². The summed E-state index contributed by atoms with van der Waals surface area (Å²) in [5.74, 6) is 0. The Bertz CT molecular complexity index is 705. The van der Waals surface area contributed by atoms with Gasteiger partial charge in [-0.2, -0.15) is 5.26 Å². The molecule has 20 heavy (non-hydrogen) atoms. The molecular weight excluding hydrogens is 254 g/mol. The molecule has 0 aromatic heterocycles. The van der Waals surface area contributed by atoms with Crippen molar-refractivity contribution < 1.29 is 4.92 Å². The van der Waals surface area contributed by atoms with Crippen molar-refractivity contribution in [2.24, 2.45) is 0 Å². The van der Waals surface area contributed by atoms with E-state index in [-0.39, 0.29) is 5.69 Å². The van der Waals surface area contributed by atoms with Gasteiger partial charge in [-0.1, -0.05) is 24.3 Å². The van der Waals surface area contributed by atoms with E-state index in [1.165, 1.54) is 0 Å². The lowest BCUT2D eigenvalue weighted by Gasteiger charge is -2.21. The summed E-state index contributed by atoms with van der Waals surface area (Å²) >= 11 is 0. The first kappa shape index (κ1) is 13.6. The number of aryl methyl sites for hydroxylation is 1. The standard InChI is InChI=1S/C15H13N3O2/c1-11-6-5-9-14(15(11)18(19)20)17(2)13-8-4-3-7-12(13)10-16/h3-9H,1-2H3. The van der Waals surface area contributed by atoms with Gasteiger partial charge in [0.25, 0.3) is 5.69 Å². The molecule has 0 heterocycles. The Labute approximate surface area is 116 Å². The maximum Gasteiger partial charge on any atom is 0.295 e. The Balaban J connectivity index is 2.60. The third kappa shape index (κ3) is 2.31. The van der Waals surface area contributed by atoms with Gasteiger partial charge in [0.1, 0.15) is 11.8 Å². The molecule has 2 rings (SSSR count). The summed E-state index contributed by atoms with van der Waals surface area (Å²) in [6, 6.07) is 14.3. The van der Waals surface area contributed by atoms with Gasteiger partial charge < -0.3 is 4.90 Å². The van der Waals surface area contributed by atoms with Crippen LogP contribution in [0.25, 0.3) is 0 Å². The molecule has 0 aliphatic rings. The lowest BCUT2D eigenvalue weighted by molar-refractivity contribution is -0.384. The van der Waals surface area contributed by atoms with Crippen molar-refractivity contribution >= 4 is 17.1 Å². The largest absolute Gasteiger partial charge is 0.338 e. The highest BCUT2D eigenvalue weighted by atomic mass is 16.6. The number of nitro benzene ring substituents is 1. The first-order valence-electron chi connectivity index (χ1n) is 6.03. The normalized spacial score (nSPS) is 9.85. The number of para-hydroxylation sites is 2. The van der Waals surface area contributed by atoms with Crippen LogP contribution in [0.2, 0.25) is 0 Å². The zero-order valence-electron chi connectivity index (χ0n) is 11.2. The van der Waals surface area contributed by atoms with Gasteiger partial charge in [0.15, 0.2) is 0 Å². The second-order valence-corrected chi connectivity index (χ2v) is 4.39. The quantitative estimate of drug-likeness (QED) is 0.630. The Hall–Kier alpha value is -2.87. The molecule has 5 heteroatoms. The predicted octanol–water partition coefficient (Wildman–Crippen LogP) is 3.54. The highest BCUT2D eigenvalue weighted by Crippen LogP contribution is 2.35. The fourth-order valence-electron chi connectivity index (χ4n) is 2.14. The number of nitriles is 1. The van der Waals surface area contributed by atoms with Crippen LogP contribution in [0.4, 0.5) is 17.1 Å². The molecular formula is C15H13N3O2. The summed E-state index contributed by atoms with van der Waals surface area (Å²) in [6.45, 7) is 1.70. The van der Waals surface area contributed by atoms with Gasteiger partial charge in [-0.3, -0.25) is 10.1 Å². The summed E-state index contributed by atoms with van der Waals surface area (Å²) in [7, 11) is 1.72. The van der Waals surface area contributed by atoms with Crippen molar-refractivity contribution in [3.8, 4) is 6.07 Å². The minimum Gasteiger partial charge on any atom is -0.338 e. The van der Waals surface area contributed by atoms with Crippen LogP contribution in [0.15, 0.2) is 42.5 Å². The maximum absolute atomic E-state index is 11.2. The molecule has 2 aromatic rings. The molecule has 0 aliphatic heterocycles. The van der Waals surface area contributed by atoms with Crippen LogP contribution in [0.5, 0.6) is 0 Å². The first-order valence-corrected chi connectivity index (χ1v) is 6.03. The fraction of sp³-hybridized carbons (Fsp3) is 0.133. The molecule has 0 bridgehead atoms. The lowest BCUT2D eigenvalue weighted by Crippen LogP contribution is -2.13. The van der Waals surface area contributed by atoms with Gasteiger partial charge in [0.2, 0.25) is 0 Å². The molecule has 0 saturated heterocycles. The monoisotopic (exact) mass is 267 g/mol. The summed E-state index contributed by atoms with van der Waals surface area (Å²) in [4.78, 5) is 12.5. The Morgan fingerprint density at radius 1 is 1.15 bits per heavy atom. The Morgan fingerprint density at radius 2 is 1.80 bits per heavy atom. The van der Waals surface area contributed by atoms with Gasteiger partial charge in [0, 0.05) is 12.6 Å². The average Bonchev–Trinajstić information content (AvgIpc) is 2.45. The zero-order chi connectivity index (χ0) is 14.7. The fourth-order valence-corrected chi connectivity index (χ4v) is 2.14. The summed E-state index contributed by atoms with van der Waals surface area (Å²) in [6.07, 6.45) is 0. The smallest absolute Gasteiger partial charge is 0.295 e. The molecule has 0 amide bonds. The van der Waals surface area contributed by atoms with E-state index in [9.17, 15) is 10.1 Å². The molecule has 0 radical (unpaired) electrons. The number of rotatable bonds is 3. The minimum atomic E-state index is -0.393. The van der Waals surface area contributed by atoms with E-state index in [1.54, 1.807) is 61.3 Å². The number of hydrogen-bond donors (Lipinski definition) is 0. The van der Waals surface area contributed by atoms with Crippen LogP contribution >= 0.6 is 0 Å². The minimum absolute atomic E-state index is 0.0581. The van der Waals surface area contributed by atoms with Gasteiger partial charge in [0.05, 0.1) is 16.2 Å². The molecule has 0 aliphatic carbocycles. The highest BCUT2D eigenvalue weighted by Gasteiger charge is 2.21. The Morgan fingerprint density at radius 3 is 2.45 bits per heavy atom. The SMILES string of the molecule is Cc1cccc(N(C)c2ccccc2C#N)c1[N+](=O)[O-]. The van der Waals surface area contributed by atoms with Crippen molar-refractivity contribution in [2.75, 3.05) is 11.9 Å². The van der Waals surface area contributed by atoms with Gasteiger partial charge in [-0.25, -0.2) is 0 Å². The first-order chi connectivity index (χ1) is 9.56. The number of nitro groups is 1. The Kier molecular flexibility index (Phi) is 3.67. The topological polar surface area (TPSA) is 70.2 Å². The number of hydrogen-bond acceptors (Lipinski definition) is 4. The van der Waals surface area contributed by atoms with E-state index in [4.69, 9.17) is 5.26 Å². The lowest BCUT2D eigenvalue weighted by atomic mass is 10.1. The molecule has 2 aromatic carbocycles. The van der Waals surface area contributed by atoms with Crippen LogP contribution < -0.4 is 4.90 Å². The summed E-state index contributed by atoms with van der Waals surface area (Å²) in [5, 5.41) is 20.4. The van der Waals surface area contributed by atoms with Crippen molar-refractivity contribution in [1.29, 1.82) is 5.26 Å². The maximum atomic E-state index is 11.2. The molecule has 0 saturated carbocycles. The van der Waals surface area contributed by atoms with E-state index in [2.05, 4.69) is 6.07 Å². The van der Waals surface area contributed by atoms with Gasteiger partial charge >= 0.3 is 0 Å². The molecule has 100 valence electrons.